The van der Waals surface area contributed by atoms with Crippen molar-refractivity contribution in [3.63, 3.8) is 0 Å². The van der Waals surface area contributed by atoms with E-state index in [0.717, 1.165) is 23.5 Å². The third kappa shape index (κ3) is 5.66. The molecule has 0 aliphatic heterocycles. The maximum Gasteiger partial charge on any atom is 0.321 e. The molecule has 1 aliphatic carbocycles. The van der Waals surface area contributed by atoms with Gasteiger partial charge in [0.1, 0.15) is 5.76 Å². The number of carbonyl (C=O) groups is 2. The zero-order valence-corrected chi connectivity index (χ0v) is 17.6. The predicted molar refractivity (Wildman–Crippen MR) is 112 cm³/mol. The second kappa shape index (κ2) is 8.77. The number of carboxylic acids is 1. The molecule has 1 fully saturated rings. The average molecular weight is 419 g/mol. The fourth-order valence-electron chi connectivity index (χ4n) is 3.19. The van der Waals surface area contributed by atoms with E-state index in [1.807, 2.05) is 6.08 Å². The van der Waals surface area contributed by atoms with Gasteiger partial charge >= 0.3 is 12.0 Å². The molecular formula is C20H26N4O4S. The minimum atomic E-state index is -0.863. The van der Waals surface area contributed by atoms with Crippen LogP contribution < -0.4 is 10.6 Å². The van der Waals surface area contributed by atoms with Crippen LogP contribution in [0.3, 0.4) is 0 Å². The van der Waals surface area contributed by atoms with E-state index in [9.17, 15) is 14.7 Å². The van der Waals surface area contributed by atoms with Crippen molar-refractivity contribution in [2.24, 2.45) is 5.92 Å². The summed E-state index contributed by atoms with van der Waals surface area (Å²) in [4.78, 5) is 32.9. The summed E-state index contributed by atoms with van der Waals surface area (Å²) in [5.74, 6) is -0.0867. The van der Waals surface area contributed by atoms with Crippen molar-refractivity contribution in [2.45, 2.75) is 57.9 Å². The van der Waals surface area contributed by atoms with Crippen LogP contribution in [0.4, 0.5) is 9.93 Å². The van der Waals surface area contributed by atoms with Gasteiger partial charge in [-0.3, -0.25) is 10.1 Å². The van der Waals surface area contributed by atoms with E-state index < -0.39 is 17.9 Å². The second-order valence-corrected chi connectivity index (χ2v) is 9.21. The van der Waals surface area contributed by atoms with Crippen molar-refractivity contribution in [1.29, 1.82) is 0 Å². The molecule has 1 aliphatic rings. The van der Waals surface area contributed by atoms with E-state index in [2.05, 4.69) is 41.4 Å². The van der Waals surface area contributed by atoms with Gasteiger partial charge < -0.3 is 14.8 Å². The molecule has 3 N–H and O–H groups in total. The molecule has 0 aromatic carbocycles. The fourth-order valence-corrected chi connectivity index (χ4v) is 3.90. The van der Waals surface area contributed by atoms with Crippen molar-refractivity contribution < 1.29 is 19.1 Å². The fraction of sp³-hybridized carbons (Fsp3) is 0.500. The summed E-state index contributed by atoms with van der Waals surface area (Å²) in [6.45, 7) is 6.16. The van der Waals surface area contributed by atoms with Gasteiger partial charge in [-0.1, -0.05) is 44.9 Å². The lowest BCUT2D eigenvalue weighted by atomic mass is 9.84. The highest BCUT2D eigenvalue weighted by atomic mass is 32.1. The van der Waals surface area contributed by atoms with Crippen molar-refractivity contribution in [3.8, 4) is 0 Å². The van der Waals surface area contributed by atoms with Gasteiger partial charge in [0.25, 0.3) is 0 Å². The number of thiazole rings is 1. The highest BCUT2D eigenvalue weighted by molar-refractivity contribution is 7.16. The first-order valence-corrected chi connectivity index (χ1v) is 10.4. The Morgan fingerprint density at radius 1 is 1.21 bits per heavy atom. The maximum absolute atomic E-state index is 12.2. The maximum atomic E-state index is 12.2. The van der Waals surface area contributed by atoms with Gasteiger partial charge in [0.05, 0.1) is 12.1 Å². The minimum absolute atomic E-state index is 0.105. The molecule has 8 nitrogen and oxygen atoms in total. The highest BCUT2D eigenvalue weighted by Crippen LogP contribution is 2.26. The van der Waals surface area contributed by atoms with Gasteiger partial charge in [-0.25, -0.2) is 14.8 Å². The molecule has 3 rings (SSSR count). The average Bonchev–Trinajstić information content (AvgIpc) is 3.29. The largest absolute Gasteiger partial charge is 0.481 e. The van der Waals surface area contributed by atoms with Gasteiger partial charge in [-0.15, -0.1) is 0 Å². The standard InChI is InChI=1S/C20H26N4O4S/c1-20(2,3)15-11-21-16(28-15)9-8-12-10-22-19(29-12)24-18(27)23-14-7-5-4-6-13(14)17(25)26/h8-11,13-14H,4-7H2,1-3H3,(H,25,26)(H2,22,23,24,27)/b9-8+/t13-,14+/m1/s1. The highest BCUT2D eigenvalue weighted by Gasteiger charge is 2.31. The molecule has 0 radical (unpaired) electrons. The van der Waals surface area contributed by atoms with Crippen LogP contribution in [0, 0.1) is 5.92 Å². The van der Waals surface area contributed by atoms with Crippen LogP contribution >= 0.6 is 11.3 Å². The molecule has 0 saturated heterocycles. The number of nitrogens with zero attached hydrogens (tertiary/aromatic N) is 2. The summed E-state index contributed by atoms with van der Waals surface area (Å²) < 4.78 is 5.71. The zero-order chi connectivity index (χ0) is 21.0. The smallest absolute Gasteiger partial charge is 0.321 e. The summed E-state index contributed by atoms with van der Waals surface area (Å²) in [6, 6.07) is -0.793. The van der Waals surface area contributed by atoms with Crippen molar-refractivity contribution >= 4 is 40.6 Å². The first-order chi connectivity index (χ1) is 13.7. The van der Waals surface area contributed by atoms with E-state index in [4.69, 9.17) is 4.42 Å². The molecule has 9 heteroatoms. The molecule has 0 spiro atoms. The Morgan fingerprint density at radius 3 is 2.66 bits per heavy atom. The Kier molecular flexibility index (Phi) is 6.36. The quantitative estimate of drug-likeness (QED) is 0.664. The zero-order valence-electron chi connectivity index (χ0n) is 16.8. The van der Waals surface area contributed by atoms with Crippen LogP contribution in [0.1, 0.15) is 63.0 Å². The molecule has 2 heterocycles. The van der Waals surface area contributed by atoms with Crippen molar-refractivity contribution in [3.05, 3.63) is 28.9 Å². The molecule has 2 atom stereocenters. The number of carbonyl (C=O) groups excluding carboxylic acids is 1. The number of urea groups is 1. The number of rotatable bonds is 5. The number of anilines is 1. The SMILES string of the molecule is CC(C)(C)c1cnc(/C=C/c2cnc(NC(=O)N[C@H]3CCCC[C@H]3C(=O)O)s2)o1. The van der Waals surface area contributed by atoms with Crippen molar-refractivity contribution in [2.75, 3.05) is 5.32 Å². The number of carboxylic acid groups (broad SMARTS) is 1. The van der Waals surface area contributed by atoms with Crippen LogP contribution in [-0.4, -0.2) is 33.1 Å². The lowest BCUT2D eigenvalue weighted by molar-refractivity contribution is -0.143. The van der Waals surface area contributed by atoms with Crippen LogP contribution in [0.2, 0.25) is 0 Å². The second-order valence-electron chi connectivity index (χ2n) is 8.15. The molecule has 29 heavy (non-hydrogen) atoms. The molecule has 0 bridgehead atoms. The molecule has 1 saturated carbocycles. The Morgan fingerprint density at radius 2 is 1.97 bits per heavy atom. The Labute approximate surface area is 173 Å². The lowest BCUT2D eigenvalue weighted by Crippen LogP contribution is -2.46. The number of oxazole rings is 1. The summed E-state index contributed by atoms with van der Waals surface area (Å²) >= 11 is 1.31. The molecule has 2 aromatic heterocycles. The monoisotopic (exact) mass is 418 g/mol. The number of amides is 2. The van der Waals surface area contributed by atoms with Crippen LogP contribution in [-0.2, 0) is 10.2 Å². The van der Waals surface area contributed by atoms with Gasteiger partial charge in [-0.05, 0) is 18.9 Å². The van der Waals surface area contributed by atoms with E-state index in [1.54, 1.807) is 18.5 Å². The topological polar surface area (TPSA) is 117 Å². The number of aliphatic carboxylic acids is 1. The van der Waals surface area contributed by atoms with Crippen LogP contribution in [0.25, 0.3) is 12.2 Å². The van der Waals surface area contributed by atoms with Gasteiger partial charge in [0.15, 0.2) is 5.13 Å². The summed E-state index contributed by atoms with van der Waals surface area (Å²) in [6.07, 6.45) is 9.99. The molecule has 0 unspecified atom stereocenters. The number of nitrogens with one attached hydrogen (secondary N) is 2. The summed E-state index contributed by atoms with van der Waals surface area (Å²) in [7, 11) is 0. The molecule has 156 valence electrons. The molecular weight excluding hydrogens is 392 g/mol. The number of hydrogen-bond acceptors (Lipinski definition) is 6. The van der Waals surface area contributed by atoms with Crippen LogP contribution in [0.15, 0.2) is 16.8 Å². The number of hydrogen-bond donors (Lipinski definition) is 3. The summed E-state index contributed by atoms with van der Waals surface area (Å²) in [5, 5.41) is 15.2. The Hall–Kier alpha value is -2.68. The first-order valence-electron chi connectivity index (χ1n) is 9.63. The third-order valence-corrected chi connectivity index (χ3v) is 5.67. The minimum Gasteiger partial charge on any atom is -0.481 e. The normalized spacial score (nSPS) is 20.0. The van der Waals surface area contributed by atoms with E-state index in [1.165, 1.54) is 11.3 Å². The molecule has 2 aromatic rings. The molecule has 2 amide bonds. The van der Waals surface area contributed by atoms with Crippen LogP contribution in [0.5, 0.6) is 0 Å². The van der Waals surface area contributed by atoms with Gasteiger partial charge in [0, 0.05) is 28.6 Å². The number of aromatic nitrogens is 2. The lowest BCUT2D eigenvalue weighted by Gasteiger charge is -2.29. The Balaban J connectivity index is 1.56. The van der Waals surface area contributed by atoms with E-state index in [-0.39, 0.29) is 11.5 Å². The van der Waals surface area contributed by atoms with Crippen molar-refractivity contribution in [1.82, 2.24) is 15.3 Å². The third-order valence-electron chi connectivity index (χ3n) is 4.80. The predicted octanol–water partition coefficient (Wildman–Crippen LogP) is 4.36. The Bertz CT molecular complexity index is 896. The first kappa shape index (κ1) is 21.0. The van der Waals surface area contributed by atoms with E-state index >= 15 is 0 Å². The van der Waals surface area contributed by atoms with Gasteiger partial charge in [0.2, 0.25) is 5.89 Å². The summed E-state index contributed by atoms with van der Waals surface area (Å²) in [5.41, 5.74) is -0.105. The van der Waals surface area contributed by atoms with E-state index in [0.29, 0.717) is 23.9 Å². The van der Waals surface area contributed by atoms with Gasteiger partial charge in [-0.2, -0.15) is 0 Å².